The summed E-state index contributed by atoms with van der Waals surface area (Å²) >= 11 is 0. The highest BCUT2D eigenvalue weighted by Gasteiger charge is 2.21. The third kappa shape index (κ3) is 4.17. The van der Waals surface area contributed by atoms with E-state index in [1.165, 1.54) is 25.9 Å². The van der Waals surface area contributed by atoms with Crippen LogP contribution in [-0.4, -0.2) is 55.3 Å². The Morgan fingerprint density at radius 1 is 1.14 bits per heavy atom. The van der Waals surface area contributed by atoms with Gasteiger partial charge in [-0.05, 0) is 57.8 Å². The van der Waals surface area contributed by atoms with Crippen LogP contribution in [0.15, 0.2) is 18.2 Å². The second-order valence-electron chi connectivity index (χ2n) is 6.24. The highest BCUT2D eigenvalue weighted by molar-refractivity contribution is 5.39. The Labute approximate surface area is 128 Å². The average Bonchev–Trinajstić information content (AvgIpc) is 3.01. The summed E-state index contributed by atoms with van der Waals surface area (Å²) in [6.45, 7) is 8.71. The van der Waals surface area contributed by atoms with Crippen molar-refractivity contribution in [2.45, 2.75) is 38.7 Å². The monoisotopic (exact) mass is 289 g/mol. The molecule has 0 spiro atoms. The van der Waals surface area contributed by atoms with E-state index in [2.05, 4.69) is 39.9 Å². The van der Waals surface area contributed by atoms with Crippen molar-refractivity contribution in [2.75, 3.05) is 44.2 Å². The molecular formula is C17H27N3O. The lowest BCUT2D eigenvalue weighted by Crippen LogP contribution is -2.38. The molecule has 1 aromatic heterocycles. The summed E-state index contributed by atoms with van der Waals surface area (Å²) < 4.78 is 6.06. The third-order valence-electron chi connectivity index (χ3n) is 4.60. The second kappa shape index (κ2) is 7.23. The van der Waals surface area contributed by atoms with Gasteiger partial charge in [-0.3, -0.25) is 0 Å². The van der Waals surface area contributed by atoms with Crippen molar-refractivity contribution in [3.8, 4) is 0 Å². The fourth-order valence-electron chi connectivity index (χ4n) is 3.31. The van der Waals surface area contributed by atoms with Gasteiger partial charge in [-0.25, -0.2) is 4.98 Å². The molecule has 0 atom stereocenters. The number of nitrogens with zero attached hydrogens (tertiary/aromatic N) is 3. The van der Waals surface area contributed by atoms with Crippen molar-refractivity contribution >= 4 is 5.82 Å². The van der Waals surface area contributed by atoms with Crippen molar-refractivity contribution in [1.29, 1.82) is 0 Å². The summed E-state index contributed by atoms with van der Waals surface area (Å²) in [5.41, 5.74) is 1.09. The molecule has 0 N–H and O–H groups in total. The molecule has 0 saturated carbocycles. The highest BCUT2D eigenvalue weighted by Crippen LogP contribution is 2.20. The first-order valence-corrected chi connectivity index (χ1v) is 8.34. The molecule has 3 rings (SSSR count). The minimum atomic E-state index is 0.439. The Hall–Kier alpha value is -1.13. The quantitative estimate of drug-likeness (QED) is 0.832. The highest BCUT2D eigenvalue weighted by atomic mass is 16.5. The molecule has 2 aliphatic rings. The van der Waals surface area contributed by atoms with E-state index in [-0.39, 0.29) is 0 Å². The first-order valence-electron chi connectivity index (χ1n) is 8.34. The molecule has 0 unspecified atom stereocenters. The maximum absolute atomic E-state index is 6.06. The Bertz CT molecular complexity index is 437. The van der Waals surface area contributed by atoms with Gasteiger partial charge in [-0.1, -0.05) is 6.07 Å². The number of aryl methyl sites for hydroxylation is 1. The van der Waals surface area contributed by atoms with Gasteiger partial charge in [-0.15, -0.1) is 0 Å². The summed E-state index contributed by atoms with van der Waals surface area (Å²) in [5, 5.41) is 0. The van der Waals surface area contributed by atoms with Gasteiger partial charge in [0, 0.05) is 25.3 Å². The van der Waals surface area contributed by atoms with E-state index in [9.17, 15) is 0 Å². The number of ether oxygens (including phenoxy) is 1. The zero-order valence-corrected chi connectivity index (χ0v) is 13.1. The third-order valence-corrected chi connectivity index (χ3v) is 4.60. The normalized spacial score (nSPS) is 21.1. The number of likely N-dealkylation sites (tertiary alicyclic amines) is 1. The summed E-state index contributed by atoms with van der Waals surface area (Å²) in [6, 6.07) is 6.26. The van der Waals surface area contributed by atoms with E-state index in [1.807, 2.05) is 0 Å². The van der Waals surface area contributed by atoms with E-state index in [4.69, 9.17) is 4.74 Å². The van der Waals surface area contributed by atoms with Crippen LogP contribution in [0.1, 0.15) is 31.4 Å². The number of rotatable bonds is 5. The molecular weight excluding hydrogens is 262 g/mol. The number of piperidine rings is 1. The number of aromatic nitrogens is 1. The van der Waals surface area contributed by atoms with E-state index in [1.54, 1.807) is 0 Å². The fourth-order valence-corrected chi connectivity index (χ4v) is 3.31. The maximum atomic E-state index is 6.06. The Balaban J connectivity index is 1.38. The fraction of sp³-hybridized carbons (Fsp3) is 0.706. The first kappa shape index (κ1) is 14.8. The molecule has 2 fully saturated rings. The predicted molar refractivity (Wildman–Crippen MR) is 85.8 cm³/mol. The van der Waals surface area contributed by atoms with Crippen LogP contribution in [0.25, 0.3) is 0 Å². The molecule has 116 valence electrons. The Kier molecular flexibility index (Phi) is 5.09. The van der Waals surface area contributed by atoms with Crippen molar-refractivity contribution < 1.29 is 4.74 Å². The molecule has 3 heterocycles. The molecule has 21 heavy (non-hydrogen) atoms. The first-order chi connectivity index (χ1) is 10.3. The molecule has 2 saturated heterocycles. The number of hydrogen-bond donors (Lipinski definition) is 0. The largest absolute Gasteiger partial charge is 0.377 e. The molecule has 0 aromatic carbocycles. The minimum absolute atomic E-state index is 0.439. The second-order valence-corrected chi connectivity index (χ2v) is 6.24. The SMILES string of the molecule is Cc1cccc(N2CCC(OCCN3CCCC3)CC2)n1. The van der Waals surface area contributed by atoms with Gasteiger partial charge >= 0.3 is 0 Å². The van der Waals surface area contributed by atoms with Gasteiger partial charge in [0.2, 0.25) is 0 Å². The standard InChI is InChI=1S/C17H27N3O/c1-15-5-4-6-17(18-15)20-11-7-16(8-12-20)21-14-13-19-9-2-3-10-19/h4-6,16H,2-3,7-14H2,1H3. The van der Waals surface area contributed by atoms with Crippen LogP contribution in [0.3, 0.4) is 0 Å². The van der Waals surface area contributed by atoms with Crippen LogP contribution in [0.5, 0.6) is 0 Å². The van der Waals surface area contributed by atoms with Crippen LogP contribution < -0.4 is 4.90 Å². The predicted octanol–water partition coefficient (Wildman–Crippen LogP) is 2.47. The summed E-state index contributed by atoms with van der Waals surface area (Å²) in [5.74, 6) is 1.12. The van der Waals surface area contributed by atoms with Gasteiger partial charge in [0.25, 0.3) is 0 Å². The maximum Gasteiger partial charge on any atom is 0.128 e. The van der Waals surface area contributed by atoms with Crippen molar-refractivity contribution in [3.05, 3.63) is 23.9 Å². The number of pyridine rings is 1. The topological polar surface area (TPSA) is 28.6 Å². The van der Waals surface area contributed by atoms with E-state index in [0.717, 1.165) is 50.6 Å². The van der Waals surface area contributed by atoms with Gasteiger partial charge in [0.15, 0.2) is 0 Å². The van der Waals surface area contributed by atoms with Crippen molar-refractivity contribution in [1.82, 2.24) is 9.88 Å². The molecule has 4 heteroatoms. The lowest BCUT2D eigenvalue weighted by molar-refractivity contribution is 0.0265. The lowest BCUT2D eigenvalue weighted by atomic mass is 10.1. The molecule has 1 aromatic rings. The van der Waals surface area contributed by atoms with Gasteiger partial charge in [0.05, 0.1) is 12.7 Å². The number of anilines is 1. The molecule has 0 radical (unpaired) electrons. The zero-order chi connectivity index (χ0) is 14.5. The number of hydrogen-bond acceptors (Lipinski definition) is 4. The van der Waals surface area contributed by atoms with E-state index in [0.29, 0.717) is 6.10 Å². The summed E-state index contributed by atoms with van der Waals surface area (Å²) in [4.78, 5) is 9.52. The van der Waals surface area contributed by atoms with Gasteiger partial charge < -0.3 is 14.5 Å². The van der Waals surface area contributed by atoms with Crippen LogP contribution >= 0.6 is 0 Å². The van der Waals surface area contributed by atoms with Crippen LogP contribution in [-0.2, 0) is 4.74 Å². The van der Waals surface area contributed by atoms with Crippen LogP contribution in [0.4, 0.5) is 5.82 Å². The Morgan fingerprint density at radius 2 is 1.90 bits per heavy atom. The molecule has 0 aliphatic carbocycles. The molecule has 4 nitrogen and oxygen atoms in total. The average molecular weight is 289 g/mol. The zero-order valence-electron chi connectivity index (χ0n) is 13.1. The summed E-state index contributed by atoms with van der Waals surface area (Å²) in [6.07, 6.45) is 5.41. The smallest absolute Gasteiger partial charge is 0.128 e. The van der Waals surface area contributed by atoms with Crippen molar-refractivity contribution in [3.63, 3.8) is 0 Å². The van der Waals surface area contributed by atoms with Crippen LogP contribution in [0, 0.1) is 6.92 Å². The minimum Gasteiger partial charge on any atom is -0.377 e. The Morgan fingerprint density at radius 3 is 2.62 bits per heavy atom. The van der Waals surface area contributed by atoms with Crippen molar-refractivity contribution in [2.24, 2.45) is 0 Å². The lowest BCUT2D eigenvalue weighted by Gasteiger charge is -2.33. The molecule has 0 amide bonds. The van der Waals surface area contributed by atoms with Gasteiger partial charge in [0.1, 0.15) is 5.82 Å². The summed E-state index contributed by atoms with van der Waals surface area (Å²) in [7, 11) is 0. The van der Waals surface area contributed by atoms with E-state index >= 15 is 0 Å². The van der Waals surface area contributed by atoms with E-state index < -0.39 is 0 Å². The van der Waals surface area contributed by atoms with Gasteiger partial charge in [-0.2, -0.15) is 0 Å². The van der Waals surface area contributed by atoms with Crippen LogP contribution in [0.2, 0.25) is 0 Å². The molecule has 0 bridgehead atoms. The molecule has 2 aliphatic heterocycles.